The SMILES string of the molecule is CCCC1C(CCOC)=CC=CC1(CC)C(=O)O. The lowest BCUT2D eigenvalue weighted by molar-refractivity contribution is -0.148. The Morgan fingerprint density at radius 2 is 2.22 bits per heavy atom. The van der Waals surface area contributed by atoms with Crippen LogP contribution in [0.5, 0.6) is 0 Å². The molecule has 3 nitrogen and oxygen atoms in total. The van der Waals surface area contributed by atoms with Gasteiger partial charge in [-0.2, -0.15) is 0 Å². The molecule has 0 aromatic heterocycles. The Morgan fingerprint density at radius 1 is 1.50 bits per heavy atom. The summed E-state index contributed by atoms with van der Waals surface area (Å²) in [5.74, 6) is -0.604. The van der Waals surface area contributed by atoms with Crippen LogP contribution in [0.2, 0.25) is 0 Å². The highest BCUT2D eigenvalue weighted by Gasteiger charge is 2.44. The Hall–Kier alpha value is -1.09. The predicted molar refractivity (Wildman–Crippen MR) is 72.5 cm³/mol. The monoisotopic (exact) mass is 252 g/mol. The fourth-order valence-corrected chi connectivity index (χ4v) is 2.85. The number of carboxylic acid groups (broad SMARTS) is 1. The van der Waals surface area contributed by atoms with Gasteiger partial charge in [0.2, 0.25) is 0 Å². The highest BCUT2D eigenvalue weighted by atomic mass is 16.5. The third-order valence-electron chi connectivity index (χ3n) is 3.93. The van der Waals surface area contributed by atoms with E-state index in [1.807, 2.05) is 19.1 Å². The van der Waals surface area contributed by atoms with E-state index >= 15 is 0 Å². The van der Waals surface area contributed by atoms with Gasteiger partial charge in [0.25, 0.3) is 0 Å². The zero-order valence-corrected chi connectivity index (χ0v) is 11.6. The molecule has 18 heavy (non-hydrogen) atoms. The fourth-order valence-electron chi connectivity index (χ4n) is 2.85. The van der Waals surface area contributed by atoms with E-state index in [0.717, 1.165) is 19.3 Å². The number of allylic oxidation sites excluding steroid dienone is 2. The normalized spacial score (nSPS) is 27.1. The van der Waals surface area contributed by atoms with Crippen molar-refractivity contribution < 1.29 is 14.6 Å². The summed E-state index contributed by atoms with van der Waals surface area (Å²) >= 11 is 0. The molecule has 0 amide bonds. The molecular weight excluding hydrogens is 228 g/mol. The van der Waals surface area contributed by atoms with E-state index in [9.17, 15) is 9.90 Å². The Bertz CT molecular complexity index is 344. The van der Waals surface area contributed by atoms with Crippen molar-refractivity contribution in [3.63, 3.8) is 0 Å². The van der Waals surface area contributed by atoms with Crippen molar-refractivity contribution in [2.45, 2.75) is 39.5 Å². The number of rotatable bonds is 7. The third kappa shape index (κ3) is 2.83. The highest BCUT2D eigenvalue weighted by molar-refractivity contribution is 5.78. The van der Waals surface area contributed by atoms with Gasteiger partial charge in [-0.1, -0.05) is 44.1 Å². The van der Waals surface area contributed by atoms with Crippen LogP contribution in [0.1, 0.15) is 39.5 Å². The van der Waals surface area contributed by atoms with Gasteiger partial charge in [0.05, 0.1) is 5.41 Å². The second kappa shape index (κ2) is 6.74. The molecule has 0 radical (unpaired) electrons. The standard InChI is InChI=1S/C15H24O3/c1-4-7-13-12(9-11-18-3)8-6-10-15(13,5-2)14(16)17/h6,8,10,13H,4-5,7,9,11H2,1-3H3,(H,16,17). The number of methoxy groups -OCH3 is 1. The largest absolute Gasteiger partial charge is 0.481 e. The Morgan fingerprint density at radius 3 is 2.72 bits per heavy atom. The summed E-state index contributed by atoms with van der Waals surface area (Å²) in [4.78, 5) is 11.7. The van der Waals surface area contributed by atoms with Crippen LogP contribution in [0.15, 0.2) is 23.8 Å². The minimum absolute atomic E-state index is 0.102. The van der Waals surface area contributed by atoms with Crippen molar-refractivity contribution in [1.82, 2.24) is 0 Å². The summed E-state index contributed by atoms with van der Waals surface area (Å²) in [5.41, 5.74) is 0.485. The quantitative estimate of drug-likeness (QED) is 0.755. The molecule has 1 N–H and O–H groups in total. The van der Waals surface area contributed by atoms with E-state index in [4.69, 9.17) is 4.74 Å². The van der Waals surface area contributed by atoms with Gasteiger partial charge < -0.3 is 9.84 Å². The fraction of sp³-hybridized carbons (Fsp3) is 0.667. The van der Waals surface area contributed by atoms with E-state index in [1.54, 1.807) is 7.11 Å². The minimum atomic E-state index is -0.728. The van der Waals surface area contributed by atoms with Crippen LogP contribution < -0.4 is 0 Å². The summed E-state index contributed by atoms with van der Waals surface area (Å²) in [6.45, 7) is 4.72. The average molecular weight is 252 g/mol. The number of ether oxygens (including phenoxy) is 1. The van der Waals surface area contributed by atoms with Crippen LogP contribution >= 0.6 is 0 Å². The Labute approximate surface area is 110 Å². The molecule has 0 aromatic carbocycles. The maximum Gasteiger partial charge on any atom is 0.314 e. The van der Waals surface area contributed by atoms with Crippen molar-refractivity contribution in [1.29, 1.82) is 0 Å². The van der Waals surface area contributed by atoms with E-state index in [0.29, 0.717) is 13.0 Å². The first-order chi connectivity index (χ1) is 8.62. The van der Waals surface area contributed by atoms with E-state index in [1.165, 1.54) is 5.57 Å². The summed E-state index contributed by atoms with van der Waals surface area (Å²) in [6.07, 6.45) is 9.20. The zero-order valence-electron chi connectivity index (χ0n) is 11.6. The van der Waals surface area contributed by atoms with Crippen molar-refractivity contribution in [2.75, 3.05) is 13.7 Å². The topological polar surface area (TPSA) is 46.5 Å². The molecule has 0 bridgehead atoms. The molecule has 0 spiro atoms. The molecule has 2 atom stereocenters. The highest BCUT2D eigenvalue weighted by Crippen LogP contribution is 2.44. The lowest BCUT2D eigenvalue weighted by Crippen LogP contribution is -2.39. The lowest BCUT2D eigenvalue weighted by atomic mass is 9.65. The molecule has 1 rings (SSSR count). The van der Waals surface area contributed by atoms with Crippen LogP contribution in [0.4, 0.5) is 0 Å². The van der Waals surface area contributed by atoms with Gasteiger partial charge in [-0.25, -0.2) is 0 Å². The Balaban J connectivity index is 3.02. The van der Waals surface area contributed by atoms with Crippen molar-refractivity contribution in [2.24, 2.45) is 11.3 Å². The molecule has 0 aliphatic heterocycles. The molecule has 3 heteroatoms. The van der Waals surface area contributed by atoms with Crippen LogP contribution in [0, 0.1) is 11.3 Å². The average Bonchev–Trinajstić information content (AvgIpc) is 2.37. The van der Waals surface area contributed by atoms with E-state index < -0.39 is 11.4 Å². The Kier molecular flexibility index (Phi) is 5.60. The van der Waals surface area contributed by atoms with Gasteiger partial charge in [0.1, 0.15) is 0 Å². The molecule has 102 valence electrons. The maximum absolute atomic E-state index is 11.7. The first-order valence-corrected chi connectivity index (χ1v) is 6.73. The summed E-state index contributed by atoms with van der Waals surface area (Å²) in [6, 6.07) is 0. The van der Waals surface area contributed by atoms with Crippen LogP contribution in [0.25, 0.3) is 0 Å². The number of carbonyl (C=O) groups is 1. The number of carboxylic acids is 1. The predicted octanol–water partition coefficient (Wildman–Crippen LogP) is 3.42. The van der Waals surface area contributed by atoms with Gasteiger partial charge in [0.15, 0.2) is 0 Å². The minimum Gasteiger partial charge on any atom is -0.481 e. The van der Waals surface area contributed by atoms with Gasteiger partial charge in [-0.05, 0) is 25.2 Å². The van der Waals surface area contributed by atoms with Gasteiger partial charge in [0, 0.05) is 13.7 Å². The summed E-state index contributed by atoms with van der Waals surface area (Å²) in [5, 5.41) is 9.62. The van der Waals surface area contributed by atoms with Crippen LogP contribution in [0.3, 0.4) is 0 Å². The first-order valence-electron chi connectivity index (χ1n) is 6.73. The van der Waals surface area contributed by atoms with E-state index in [-0.39, 0.29) is 5.92 Å². The molecule has 0 saturated heterocycles. The molecular formula is C15H24O3. The van der Waals surface area contributed by atoms with Crippen molar-refractivity contribution in [3.05, 3.63) is 23.8 Å². The second-order valence-electron chi connectivity index (χ2n) is 4.88. The van der Waals surface area contributed by atoms with E-state index in [2.05, 4.69) is 13.0 Å². The summed E-state index contributed by atoms with van der Waals surface area (Å²) < 4.78 is 5.12. The molecule has 1 aliphatic rings. The summed E-state index contributed by atoms with van der Waals surface area (Å²) in [7, 11) is 1.68. The molecule has 0 fully saturated rings. The van der Waals surface area contributed by atoms with Gasteiger partial charge in [-0.15, -0.1) is 0 Å². The number of hydrogen-bond donors (Lipinski definition) is 1. The van der Waals surface area contributed by atoms with Gasteiger partial charge >= 0.3 is 5.97 Å². The maximum atomic E-state index is 11.7. The molecule has 1 aliphatic carbocycles. The molecule has 0 heterocycles. The van der Waals surface area contributed by atoms with Gasteiger partial charge in [-0.3, -0.25) is 4.79 Å². The zero-order chi connectivity index (χ0) is 13.6. The molecule has 2 unspecified atom stereocenters. The lowest BCUT2D eigenvalue weighted by Gasteiger charge is -2.38. The second-order valence-corrected chi connectivity index (χ2v) is 4.88. The molecule has 0 saturated carbocycles. The number of hydrogen-bond acceptors (Lipinski definition) is 2. The van der Waals surface area contributed by atoms with Crippen LogP contribution in [-0.4, -0.2) is 24.8 Å². The molecule has 0 aromatic rings. The third-order valence-corrected chi connectivity index (χ3v) is 3.93. The number of aliphatic carboxylic acids is 1. The van der Waals surface area contributed by atoms with Crippen LogP contribution in [-0.2, 0) is 9.53 Å². The first kappa shape index (κ1) is 15.0. The van der Waals surface area contributed by atoms with Crippen molar-refractivity contribution >= 4 is 5.97 Å². The van der Waals surface area contributed by atoms with Crippen molar-refractivity contribution in [3.8, 4) is 0 Å². The smallest absolute Gasteiger partial charge is 0.314 e.